The van der Waals surface area contributed by atoms with Crippen LogP contribution in [-0.4, -0.2) is 58.5 Å². The van der Waals surface area contributed by atoms with Gasteiger partial charge in [0.25, 0.3) is 0 Å². The summed E-state index contributed by atoms with van der Waals surface area (Å²) in [6.45, 7) is 0.221. The summed E-state index contributed by atoms with van der Waals surface area (Å²) in [4.78, 5) is 23.9. The minimum atomic E-state index is -0.688. The second kappa shape index (κ2) is 11.3. The Labute approximate surface area is 157 Å². The van der Waals surface area contributed by atoms with Gasteiger partial charge in [0.15, 0.2) is 11.5 Å². The van der Waals surface area contributed by atoms with Gasteiger partial charge in [-0.05, 0) is 36.1 Å². The highest BCUT2D eigenvalue weighted by Gasteiger charge is 2.21. The normalized spacial score (nSPS) is 11.3. The molecule has 0 aliphatic heterocycles. The van der Waals surface area contributed by atoms with Crippen LogP contribution in [0.5, 0.6) is 17.2 Å². The van der Waals surface area contributed by atoms with E-state index >= 15 is 0 Å². The number of carbonyl (C=O) groups is 2. The van der Waals surface area contributed by atoms with Crippen molar-refractivity contribution in [1.82, 2.24) is 10.6 Å². The zero-order valence-electron chi connectivity index (χ0n) is 15.7. The van der Waals surface area contributed by atoms with Crippen LogP contribution in [0.25, 0.3) is 0 Å². The first-order valence-corrected chi connectivity index (χ1v) is 9.30. The van der Waals surface area contributed by atoms with Crippen molar-refractivity contribution in [2.75, 3.05) is 40.4 Å². The van der Waals surface area contributed by atoms with E-state index in [1.54, 1.807) is 23.9 Å². The van der Waals surface area contributed by atoms with Crippen LogP contribution in [0.15, 0.2) is 12.1 Å². The molecule has 2 N–H and O–H groups in total. The monoisotopic (exact) mass is 386 g/mol. The minimum absolute atomic E-state index is 0.221. The Morgan fingerprint density at radius 2 is 1.69 bits per heavy atom. The summed E-state index contributed by atoms with van der Waals surface area (Å²) in [5.41, 5.74) is 0.758. The number of ether oxygens (including phenoxy) is 4. The average molecular weight is 386 g/mol. The van der Waals surface area contributed by atoms with Crippen LogP contribution in [0.4, 0.5) is 4.79 Å². The number of carbonyl (C=O) groups excluding carboxylic acids is 2. The van der Waals surface area contributed by atoms with Crippen LogP contribution in [0, 0.1) is 0 Å². The van der Waals surface area contributed by atoms with Gasteiger partial charge < -0.3 is 29.6 Å². The summed E-state index contributed by atoms with van der Waals surface area (Å²) in [5.74, 6) is 1.73. The standard InChI is InChI=1S/C17H26N2O6S/c1-22-13-8-11(9-14(23-2)15(13)24-3)10-18-17(21)19-12(6-7-26-5)16(20)25-4/h8-9,12H,6-7,10H2,1-5H3,(H2,18,19,21). The summed E-state index contributed by atoms with van der Waals surface area (Å²) >= 11 is 1.59. The molecular weight excluding hydrogens is 360 g/mol. The molecule has 0 saturated heterocycles. The molecule has 9 heteroatoms. The lowest BCUT2D eigenvalue weighted by Crippen LogP contribution is -2.46. The van der Waals surface area contributed by atoms with Gasteiger partial charge in [-0.15, -0.1) is 0 Å². The molecule has 26 heavy (non-hydrogen) atoms. The number of esters is 1. The van der Waals surface area contributed by atoms with E-state index in [0.29, 0.717) is 23.7 Å². The summed E-state index contributed by atoms with van der Waals surface area (Å²) in [6.07, 6.45) is 2.42. The highest BCUT2D eigenvalue weighted by atomic mass is 32.2. The van der Waals surface area contributed by atoms with E-state index in [1.165, 1.54) is 28.4 Å². The second-order valence-corrected chi connectivity index (χ2v) is 6.20. The third-order valence-corrected chi connectivity index (χ3v) is 4.22. The molecule has 1 unspecified atom stereocenters. The van der Waals surface area contributed by atoms with Gasteiger partial charge in [0.05, 0.1) is 28.4 Å². The van der Waals surface area contributed by atoms with E-state index in [4.69, 9.17) is 18.9 Å². The number of nitrogens with one attached hydrogen (secondary N) is 2. The Morgan fingerprint density at radius 3 is 2.15 bits per heavy atom. The SMILES string of the molecule is COC(=O)C(CCSC)NC(=O)NCc1cc(OC)c(OC)c(OC)c1. The van der Waals surface area contributed by atoms with Gasteiger partial charge >= 0.3 is 12.0 Å². The van der Waals surface area contributed by atoms with Gasteiger partial charge in [-0.2, -0.15) is 11.8 Å². The van der Waals surface area contributed by atoms with Crippen LogP contribution in [0.3, 0.4) is 0 Å². The lowest BCUT2D eigenvalue weighted by Gasteiger charge is -2.17. The molecule has 2 amide bonds. The Bertz CT molecular complexity index is 586. The van der Waals surface area contributed by atoms with E-state index < -0.39 is 18.0 Å². The number of hydrogen-bond donors (Lipinski definition) is 2. The molecule has 0 heterocycles. The number of urea groups is 1. The topological polar surface area (TPSA) is 95.1 Å². The van der Waals surface area contributed by atoms with Crippen molar-refractivity contribution in [3.63, 3.8) is 0 Å². The van der Waals surface area contributed by atoms with Crippen molar-refractivity contribution in [1.29, 1.82) is 0 Å². The van der Waals surface area contributed by atoms with Crippen molar-refractivity contribution >= 4 is 23.8 Å². The number of rotatable bonds is 10. The predicted molar refractivity (Wildman–Crippen MR) is 100 cm³/mol. The Kier molecular flexibility index (Phi) is 9.50. The molecular formula is C17H26N2O6S. The Morgan fingerprint density at radius 1 is 1.08 bits per heavy atom. The van der Waals surface area contributed by atoms with Crippen molar-refractivity contribution < 1.29 is 28.5 Å². The first kappa shape index (κ1) is 21.8. The van der Waals surface area contributed by atoms with Crippen molar-refractivity contribution in [2.45, 2.75) is 19.0 Å². The number of hydrogen-bond acceptors (Lipinski definition) is 7. The maximum Gasteiger partial charge on any atom is 0.328 e. The molecule has 1 aromatic rings. The lowest BCUT2D eigenvalue weighted by atomic mass is 10.2. The molecule has 0 radical (unpaired) electrons. The summed E-state index contributed by atoms with van der Waals surface area (Å²) in [5, 5.41) is 5.34. The van der Waals surface area contributed by atoms with E-state index in [1.807, 2.05) is 6.26 Å². The quantitative estimate of drug-likeness (QED) is 0.592. The molecule has 8 nitrogen and oxygen atoms in total. The first-order valence-electron chi connectivity index (χ1n) is 7.90. The predicted octanol–water partition coefficient (Wildman–Crippen LogP) is 1.81. The molecule has 0 aromatic heterocycles. The van der Waals surface area contributed by atoms with Gasteiger partial charge in [-0.1, -0.05) is 0 Å². The average Bonchev–Trinajstić information content (AvgIpc) is 2.67. The highest BCUT2D eigenvalue weighted by molar-refractivity contribution is 7.98. The molecule has 1 aromatic carbocycles. The molecule has 0 aliphatic carbocycles. The smallest absolute Gasteiger partial charge is 0.328 e. The summed E-state index contributed by atoms with van der Waals surface area (Å²) < 4.78 is 20.6. The first-order chi connectivity index (χ1) is 12.5. The highest BCUT2D eigenvalue weighted by Crippen LogP contribution is 2.38. The van der Waals surface area contributed by atoms with Gasteiger partial charge in [-0.3, -0.25) is 0 Å². The molecule has 1 atom stereocenters. The Balaban J connectivity index is 2.75. The maximum absolute atomic E-state index is 12.1. The van der Waals surface area contributed by atoms with Gasteiger partial charge in [0.1, 0.15) is 6.04 Å². The second-order valence-electron chi connectivity index (χ2n) is 5.22. The largest absolute Gasteiger partial charge is 0.493 e. The zero-order valence-corrected chi connectivity index (χ0v) is 16.5. The number of amides is 2. The van der Waals surface area contributed by atoms with Crippen LogP contribution in [0.2, 0.25) is 0 Å². The molecule has 0 spiro atoms. The Hall–Kier alpha value is -2.29. The number of methoxy groups -OCH3 is 4. The number of thioether (sulfide) groups is 1. The summed E-state index contributed by atoms with van der Waals surface area (Å²) in [6, 6.07) is 2.34. The fraction of sp³-hybridized carbons (Fsp3) is 0.529. The van der Waals surface area contributed by atoms with Gasteiger partial charge in [0.2, 0.25) is 5.75 Å². The third-order valence-electron chi connectivity index (χ3n) is 3.58. The molecule has 1 rings (SSSR count). The van der Waals surface area contributed by atoms with Gasteiger partial charge in [0, 0.05) is 6.54 Å². The van der Waals surface area contributed by atoms with Crippen molar-refractivity contribution in [3.05, 3.63) is 17.7 Å². The molecule has 146 valence electrons. The lowest BCUT2D eigenvalue weighted by molar-refractivity contribution is -0.142. The fourth-order valence-corrected chi connectivity index (χ4v) is 2.73. The minimum Gasteiger partial charge on any atom is -0.493 e. The van der Waals surface area contributed by atoms with Crippen LogP contribution in [-0.2, 0) is 16.1 Å². The van der Waals surface area contributed by atoms with Crippen molar-refractivity contribution in [3.8, 4) is 17.2 Å². The van der Waals surface area contributed by atoms with E-state index in [-0.39, 0.29) is 6.54 Å². The van der Waals surface area contributed by atoms with E-state index in [2.05, 4.69) is 10.6 Å². The van der Waals surface area contributed by atoms with Crippen LogP contribution >= 0.6 is 11.8 Å². The van der Waals surface area contributed by atoms with Crippen LogP contribution < -0.4 is 24.8 Å². The van der Waals surface area contributed by atoms with Crippen molar-refractivity contribution in [2.24, 2.45) is 0 Å². The maximum atomic E-state index is 12.1. The zero-order chi connectivity index (χ0) is 19.5. The molecule has 0 fully saturated rings. The third kappa shape index (κ3) is 6.21. The molecule has 0 aliphatic rings. The van der Waals surface area contributed by atoms with Gasteiger partial charge in [-0.25, -0.2) is 9.59 Å². The van der Waals surface area contributed by atoms with Crippen LogP contribution in [0.1, 0.15) is 12.0 Å². The van der Waals surface area contributed by atoms with E-state index in [0.717, 1.165) is 11.3 Å². The number of benzene rings is 1. The molecule has 0 bridgehead atoms. The summed E-state index contributed by atoms with van der Waals surface area (Å²) in [7, 11) is 5.86. The fourth-order valence-electron chi connectivity index (χ4n) is 2.26. The molecule has 0 saturated carbocycles. The van der Waals surface area contributed by atoms with E-state index in [9.17, 15) is 9.59 Å².